The zero-order valence-electron chi connectivity index (χ0n) is 8.03. The maximum Gasteiger partial charge on any atom is 0.122 e. The number of carbonyl (C=O) groups excluding carboxylic acids is 1. The fourth-order valence-corrected chi connectivity index (χ4v) is 2.20. The first kappa shape index (κ1) is 9.53. The first-order valence-electron chi connectivity index (χ1n) is 4.67. The molecule has 0 saturated heterocycles. The van der Waals surface area contributed by atoms with E-state index in [0.29, 0.717) is 12.5 Å². The molecule has 0 saturated carbocycles. The second kappa shape index (κ2) is 3.62. The predicted molar refractivity (Wildman–Crippen MR) is 58.0 cm³/mol. The summed E-state index contributed by atoms with van der Waals surface area (Å²) < 4.78 is 0. The number of aldehydes is 1. The van der Waals surface area contributed by atoms with Gasteiger partial charge in [0.25, 0.3) is 0 Å². The van der Waals surface area contributed by atoms with Crippen LogP contribution in [-0.4, -0.2) is 19.4 Å². The molecule has 1 unspecified atom stereocenters. The van der Waals surface area contributed by atoms with Crippen LogP contribution in [0.15, 0.2) is 18.2 Å². The average Bonchev–Trinajstić information content (AvgIpc) is 2.44. The molecule has 74 valence electrons. The average molecular weight is 210 g/mol. The van der Waals surface area contributed by atoms with Gasteiger partial charge in [0.15, 0.2) is 0 Å². The van der Waals surface area contributed by atoms with Crippen LogP contribution in [0.25, 0.3) is 0 Å². The Morgan fingerprint density at radius 3 is 3.14 bits per heavy atom. The summed E-state index contributed by atoms with van der Waals surface area (Å²) in [5.41, 5.74) is 2.44. The van der Waals surface area contributed by atoms with Gasteiger partial charge in [0.2, 0.25) is 0 Å². The summed E-state index contributed by atoms with van der Waals surface area (Å²) in [7, 11) is 2.02. The minimum atomic E-state index is 0.306. The third kappa shape index (κ3) is 1.50. The van der Waals surface area contributed by atoms with Crippen molar-refractivity contribution >= 4 is 23.6 Å². The maximum atomic E-state index is 10.5. The fourth-order valence-electron chi connectivity index (χ4n) is 2.00. The summed E-state index contributed by atoms with van der Waals surface area (Å²) in [6, 6.07) is 6.20. The molecule has 0 aliphatic carbocycles. The monoisotopic (exact) mass is 209 g/mol. The van der Waals surface area contributed by atoms with Gasteiger partial charge in [0.05, 0.1) is 0 Å². The lowest BCUT2D eigenvalue weighted by Crippen LogP contribution is -2.27. The van der Waals surface area contributed by atoms with Gasteiger partial charge in [-0.3, -0.25) is 0 Å². The summed E-state index contributed by atoms with van der Waals surface area (Å²) in [4.78, 5) is 12.6. The van der Waals surface area contributed by atoms with Crippen LogP contribution in [-0.2, 0) is 11.2 Å². The Labute approximate surface area is 88.5 Å². The highest BCUT2D eigenvalue weighted by Gasteiger charge is 2.25. The van der Waals surface area contributed by atoms with Gasteiger partial charge in [-0.05, 0) is 30.2 Å². The van der Waals surface area contributed by atoms with Crippen molar-refractivity contribution in [3.63, 3.8) is 0 Å². The van der Waals surface area contributed by atoms with Crippen molar-refractivity contribution in [2.24, 2.45) is 0 Å². The Bertz CT molecular complexity index is 364. The van der Waals surface area contributed by atoms with Gasteiger partial charge in [-0.25, -0.2) is 0 Å². The summed E-state index contributed by atoms with van der Waals surface area (Å²) in [5.74, 6) is 0. The van der Waals surface area contributed by atoms with Gasteiger partial charge in [0, 0.05) is 30.2 Å². The number of halogens is 1. The molecule has 0 radical (unpaired) electrons. The van der Waals surface area contributed by atoms with E-state index in [2.05, 4.69) is 4.90 Å². The van der Waals surface area contributed by atoms with E-state index in [0.717, 1.165) is 17.7 Å². The molecular weight excluding hydrogens is 198 g/mol. The number of likely N-dealkylation sites (N-methyl/N-ethyl adjacent to an activating group) is 1. The van der Waals surface area contributed by atoms with Crippen molar-refractivity contribution in [2.75, 3.05) is 11.9 Å². The van der Waals surface area contributed by atoms with Gasteiger partial charge < -0.3 is 9.69 Å². The highest BCUT2D eigenvalue weighted by molar-refractivity contribution is 6.30. The molecule has 2 rings (SSSR count). The van der Waals surface area contributed by atoms with E-state index < -0.39 is 0 Å². The smallest absolute Gasteiger partial charge is 0.122 e. The topological polar surface area (TPSA) is 20.3 Å². The molecule has 1 aromatic rings. The summed E-state index contributed by atoms with van der Waals surface area (Å²) in [6.45, 7) is 0. The normalized spacial score (nSPS) is 19.6. The van der Waals surface area contributed by atoms with E-state index in [9.17, 15) is 4.79 Å². The molecule has 14 heavy (non-hydrogen) atoms. The number of rotatable bonds is 2. The Kier molecular flexibility index (Phi) is 2.46. The number of fused-ring (bicyclic) bond motifs is 1. The number of benzene rings is 1. The number of carbonyl (C=O) groups is 1. The molecule has 2 nitrogen and oxygen atoms in total. The molecule has 0 fully saturated rings. The van der Waals surface area contributed by atoms with Crippen LogP contribution in [0.2, 0.25) is 5.02 Å². The van der Waals surface area contributed by atoms with E-state index in [4.69, 9.17) is 11.6 Å². The number of hydrogen-bond donors (Lipinski definition) is 0. The van der Waals surface area contributed by atoms with Gasteiger partial charge in [-0.2, -0.15) is 0 Å². The van der Waals surface area contributed by atoms with E-state index in [1.54, 1.807) is 0 Å². The van der Waals surface area contributed by atoms with Crippen LogP contribution >= 0.6 is 11.6 Å². The molecule has 1 aliphatic rings. The van der Waals surface area contributed by atoms with Gasteiger partial charge >= 0.3 is 0 Å². The summed E-state index contributed by atoms with van der Waals surface area (Å²) in [5, 5.41) is 0.768. The highest BCUT2D eigenvalue weighted by Crippen LogP contribution is 2.33. The third-order valence-electron chi connectivity index (χ3n) is 2.79. The molecule has 0 amide bonds. The molecule has 0 bridgehead atoms. The molecular formula is C11H12ClNO. The first-order chi connectivity index (χ1) is 6.72. The third-order valence-corrected chi connectivity index (χ3v) is 3.03. The van der Waals surface area contributed by atoms with Crippen LogP contribution in [0.1, 0.15) is 12.0 Å². The highest BCUT2D eigenvalue weighted by atomic mass is 35.5. The van der Waals surface area contributed by atoms with Crippen LogP contribution < -0.4 is 4.90 Å². The van der Waals surface area contributed by atoms with Gasteiger partial charge in [-0.1, -0.05) is 11.6 Å². The van der Waals surface area contributed by atoms with Gasteiger partial charge in [0.1, 0.15) is 6.29 Å². The van der Waals surface area contributed by atoms with E-state index in [-0.39, 0.29) is 0 Å². The first-order valence-corrected chi connectivity index (χ1v) is 5.05. The van der Waals surface area contributed by atoms with Crippen molar-refractivity contribution in [1.29, 1.82) is 0 Å². The molecule has 1 aliphatic heterocycles. The molecule has 3 heteroatoms. The predicted octanol–water partition coefficient (Wildman–Crippen LogP) is 2.29. The SMILES string of the molecule is CN1c2ccc(Cl)cc2CC1CC=O. The van der Waals surface area contributed by atoms with E-state index in [1.807, 2.05) is 25.2 Å². The zero-order chi connectivity index (χ0) is 10.1. The molecule has 0 N–H and O–H groups in total. The standard InChI is InChI=1S/C11H12ClNO/c1-13-10(4-5-14)7-8-6-9(12)2-3-11(8)13/h2-3,5-6,10H,4,7H2,1H3. The number of nitrogens with zero attached hydrogens (tertiary/aromatic N) is 1. The van der Waals surface area contributed by atoms with E-state index in [1.165, 1.54) is 11.3 Å². The minimum absolute atomic E-state index is 0.306. The second-order valence-electron chi connectivity index (χ2n) is 3.64. The van der Waals surface area contributed by atoms with Crippen LogP contribution in [0, 0.1) is 0 Å². The summed E-state index contributed by atoms with van der Waals surface area (Å²) >= 11 is 5.91. The van der Waals surface area contributed by atoms with Gasteiger partial charge in [-0.15, -0.1) is 0 Å². The van der Waals surface area contributed by atoms with Crippen molar-refractivity contribution < 1.29 is 4.79 Å². The quantitative estimate of drug-likeness (QED) is 0.697. The van der Waals surface area contributed by atoms with Crippen LogP contribution in [0.3, 0.4) is 0 Å². The maximum absolute atomic E-state index is 10.5. The van der Waals surface area contributed by atoms with E-state index >= 15 is 0 Å². The van der Waals surface area contributed by atoms with Crippen LogP contribution in [0.5, 0.6) is 0 Å². The van der Waals surface area contributed by atoms with Crippen molar-refractivity contribution in [3.8, 4) is 0 Å². The lowest BCUT2D eigenvalue weighted by atomic mass is 10.1. The lowest BCUT2D eigenvalue weighted by molar-refractivity contribution is -0.108. The summed E-state index contributed by atoms with van der Waals surface area (Å²) in [6.07, 6.45) is 2.49. The fraction of sp³-hybridized carbons (Fsp3) is 0.364. The Balaban J connectivity index is 2.30. The zero-order valence-corrected chi connectivity index (χ0v) is 8.79. The number of hydrogen-bond acceptors (Lipinski definition) is 2. The van der Waals surface area contributed by atoms with Crippen molar-refractivity contribution in [1.82, 2.24) is 0 Å². The minimum Gasteiger partial charge on any atom is -0.371 e. The Morgan fingerprint density at radius 1 is 1.64 bits per heavy atom. The lowest BCUT2D eigenvalue weighted by Gasteiger charge is -2.20. The molecule has 1 atom stereocenters. The van der Waals surface area contributed by atoms with Crippen LogP contribution in [0.4, 0.5) is 5.69 Å². The largest absolute Gasteiger partial charge is 0.371 e. The Morgan fingerprint density at radius 2 is 2.43 bits per heavy atom. The molecule has 1 heterocycles. The number of anilines is 1. The molecule has 0 aromatic heterocycles. The van der Waals surface area contributed by atoms with Crippen molar-refractivity contribution in [2.45, 2.75) is 18.9 Å². The molecule has 0 spiro atoms. The van der Waals surface area contributed by atoms with Crippen molar-refractivity contribution in [3.05, 3.63) is 28.8 Å². The molecule has 1 aromatic carbocycles. The second-order valence-corrected chi connectivity index (χ2v) is 4.08. The Hall–Kier alpha value is -1.02.